The number of piperidine rings is 1. The van der Waals surface area contributed by atoms with Crippen molar-refractivity contribution in [3.63, 3.8) is 0 Å². The first-order valence-electron chi connectivity index (χ1n) is 10.2. The molecule has 2 aromatic carbocycles. The second-order valence-corrected chi connectivity index (χ2v) is 8.36. The molecule has 1 saturated carbocycles. The largest absolute Gasteiger partial charge is 0.454 e. The highest BCUT2D eigenvalue weighted by Gasteiger charge is 2.49. The molecule has 2 aliphatic heterocycles. The molecular weight excluding hydrogens is 357 g/mol. The van der Waals surface area contributed by atoms with Crippen LogP contribution in [0, 0.1) is 11.7 Å². The Kier molecular flexibility index (Phi) is 4.52. The van der Waals surface area contributed by atoms with E-state index in [1.54, 1.807) is 0 Å². The lowest BCUT2D eigenvalue weighted by Crippen LogP contribution is -2.54. The van der Waals surface area contributed by atoms with E-state index in [9.17, 15) is 9.50 Å². The van der Waals surface area contributed by atoms with E-state index in [0.29, 0.717) is 0 Å². The predicted molar refractivity (Wildman–Crippen MR) is 104 cm³/mol. The van der Waals surface area contributed by atoms with Crippen LogP contribution in [0.2, 0.25) is 0 Å². The van der Waals surface area contributed by atoms with Gasteiger partial charge in [0.15, 0.2) is 11.5 Å². The highest BCUT2D eigenvalue weighted by atomic mass is 19.1. The van der Waals surface area contributed by atoms with Gasteiger partial charge in [0.25, 0.3) is 0 Å². The first kappa shape index (κ1) is 18.0. The number of hydrogen-bond donors (Lipinski definition) is 1. The van der Waals surface area contributed by atoms with Crippen molar-refractivity contribution in [2.45, 2.75) is 50.3 Å². The number of halogens is 1. The molecule has 148 valence electrons. The van der Waals surface area contributed by atoms with Crippen molar-refractivity contribution in [3.8, 4) is 11.5 Å². The van der Waals surface area contributed by atoms with Gasteiger partial charge in [-0.25, -0.2) is 4.39 Å². The summed E-state index contributed by atoms with van der Waals surface area (Å²) < 4.78 is 24.4. The zero-order chi connectivity index (χ0) is 19.1. The number of likely N-dealkylation sites (tertiary alicyclic amines) is 1. The second-order valence-electron chi connectivity index (χ2n) is 8.36. The normalized spacial score (nSPS) is 29.5. The lowest BCUT2D eigenvalue weighted by atomic mass is 9.66. The van der Waals surface area contributed by atoms with Crippen molar-refractivity contribution < 1.29 is 19.0 Å². The number of nitrogens with zero attached hydrogens (tertiary/aromatic N) is 1. The first-order valence-corrected chi connectivity index (χ1v) is 10.2. The van der Waals surface area contributed by atoms with Crippen LogP contribution in [0.15, 0.2) is 42.5 Å². The molecule has 4 nitrogen and oxygen atoms in total. The van der Waals surface area contributed by atoms with Gasteiger partial charge in [-0.05, 0) is 54.7 Å². The minimum absolute atomic E-state index is 0.110. The van der Waals surface area contributed by atoms with Crippen molar-refractivity contribution in [2.75, 3.05) is 13.3 Å². The van der Waals surface area contributed by atoms with E-state index in [-0.39, 0.29) is 24.6 Å². The standard InChI is InChI=1S/C23H26FNO3/c24-18-7-4-16(5-8-18)14-25-12-11-23(26)10-2-1-3-19(23)22(25)17-6-9-20-21(13-17)28-15-27-20/h4-9,13,19,22,26H,1-3,10-12,14-15H2/t19-,22-,23+/m1/s1. The molecule has 1 aliphatic carbocycles. The van der Waals surface area contributed by atoms with E-state index >= 15 is 0 Å². The summed E-state index contributed by atoms with van der Waals surface area (Å²) in [5.41, 5.74) is 1.66. The van der Waals surface area contributed by atoms with Crippen molar-refractivity contribution in [3.05, 3.63) is 59.4 Å². The SMILES string of the molecule is O[C@]12CCCC[C@@H]1[C@@H](c1ccc3c(c1)OCO3)N(Cc1ccc(F)cc1)CC2. The number of hydrogen-bond acceptors (Lipinski definition) is 4. The van der Waals surface area contributed by atoms with E-state index < -0.39 is 5.60 Å². The Bertz CT molecular complexity index is 855. The maximum absolute atomic E-state index is 13.3. The number of ether oxygens (including phenoxy) is 2. The third-order valence-electron chi connectivity index (χ3n) is 6.71. The summed E-state index contributed by atoms with van der Waals surface area (Å²) in [6.07, 6.45) is 4.94. The Morgan fingerprint density at radius 2 is 1.86 bits per heavy atom. The summed E-state index contributed by atoms with van der Waals surface area (Å²) in [5.74, 6) is 1.54. The number of aliphatic hydroxyl groups is 1. The predicted octanol–water partition coefficient (Wildman–Crippen LogP) is 4.42. The average molecular weight is 383 g/mol. The van der Waals surface area contributed by atoms with Gasteiger partial charge in [-0.1, -0.05) is 31.0 Å². The molecule has 1 N–H and O–H groups in total. The van der Waals surface area contributed by atoms with Crippen LogP contribution in [-0.4, -0.2) is 28.9 Å². The van der Waals surface area contributed by atoms with Crippen molar-refractivity contribution in [1.82, 2.24) is 4.90 Å². The summed E-state index contributed by atoms with van der Waals surface area (Å²) >= 11 is 0. The molecular formula is C23H26FNO3. The fourth-order valence-corrected chi connectivity index (χ4v) is 5.28. The van der Waals surface area contributed by atoms with E-state index in [1.165, 1.54) is 12.1 Å². The molecule has 2 fully saturated rings. The highest BCUT2D eigenvalue weighted by molar-refractivity contribution is 5.45. The molecule has 5 heteroatoms. The molecule has 0 bridgehead atoms. The van der Waals surface area contributed by atoms with E-state index in [4.69, 9.17) is 9.47 Å². The Morgan fingerprint density at radius 1 is 1.04 bits per heavy atom. The van der Waals surface area contributed by atoms with Gasteiger partial charge in [-0.15, -0.1) is 0 Å². The third-order valence-corrected chi connectivity index (χ3v) is 6.71. The minimum Gasteiger partial charge on any atom is -0.454 e. The lowest BCUT2D eigenvalue weighted by Gasteiger charge is -2.52. The van der Waals surface area contributed by atoms with Gasteiger partial charge in [0.2, 0.25) is 6.79 Å². The van der Waals surface area contributed by atoms with Gasteiger partial charge in [-0.3, -0.25) is 4.90 Å². The van der Waals surface area contributed by atoms with Gasteiger partial charge in [-0.2, -0.15) is 0 Å². The average Bonchev–Trinajstić information content (AvgIpc) is 3.17. The zero-order valence-electron chi connectivity index (χ0n) is 15.9. The van der Waals surface area contributed by atoms with Crippen LogP contribution in [0.4, 0.5) is 4.39 Å². The van der Waals surface area contributed by atoms with Crippen molar-refractivity contribution in [2.24, 2.45) is 5.92 Å². The van der Waals surface area contributed by atoms with Crippen LogP contribution >= 0.6 is 0 Å². The fourth-order valence-electron chi connectivity index (χ4n) is 5.28. The summed E-state index contributed by atoms with van der Waals surface area (Å²) in [6, 6.07) is 13.0. The second kappa shape index (κ2) is 7.05. The summed E-state index contributed by atoms with van der Waals surface area (Å²) in [4.78, 5) is 2.44. The number of fused-ring (bicyclic) bond motifs is 2. The van der Waals surface area contributed by atoms with Gasteiger partial charge < -0.3 is 14.6 Å². The van der Waals surface area contributed by atoms with Crippen LogP contribution in [0.5, 0.6) is 11.5 Å². The maximum atomic E-state index is 13.3. The van der Waals surface area contributed by atoms with E-state index in [1.807, 2.05) is 18.2 Å². The zero-order valence-corrected chi connectivity index (χ0v) is 15.9. The van der Waals surface area contributed by atoms with Crippen molar-refractivity contribution in [1.29, 1.82) is 0 Å². The molecule has 0 unspecified atom stereocenters. The molecule has 2 aromatic rings. The third kappa shape index (κ3) is 3.16. The summed E-state index contributed by atoms with van der Waals surface area (Å²) in [6.45, 7) is 1.82. The molecule has 0 amide bonds. The van der Waals surface area contributed by atoms with E-state index in [0.717, 1.165) is 67.8 Å². The number of benzene rings is 2. The molecule has 0 radical (unpaired) electrons. The molecule has 0 aromatic heterocycles. The molecule has 3 atom stereocenters. The van der Waals surface area contributed by atoms with Gasteiger partial charge in [0.05, 0.1) is 5.60 Å². The van der Waals surface area contributed by atoms with Crippen LogP contribution in [0.25, 0.3) is 0 Å². The molecule has 28 heavy (non-hydrogen) atoms. The number of rotatable bonds is 3. The van der Waals surface area contributed by atoms with Crippen LogP contribution < -0.4 is 9.47 Å². The topological polar surface area (TPSA) is 41.9 Å². The lowest BCUT2D eigenvalue weighted by molar-refractivity contribution is -0.126. The first-order chi connectivity index (χ1) is 13.6. The van der Waals surface area contributed by atoms with Gasteiger partial charge >= 0.3 is 0 Å². The van der Waals surface area contributed by atoms with Crippen LogP contribution in [0.1, 0.15) is 49.3 Å². The smallest absolute Gasteiger partial charge is 0.231 e. The maximum Gasteiger partial charge on any atom is 0.231 e. The molecule has 3 aliphatic rings. The summed E-state index contributed by atoms with van der Waals surface area (Å²) in [7, 11) is 0. The minimum atomic E-state index is -0.599. The van der Waals surface area contributed by atoms with Crippen LogP contribution in [0.3, 0.4) is 0 Å². The highest BCUT2D eigenvalue weighted by Crippen LogP contribution is 2.50. The Labute approximate surface area is 164 Å². The molecule has 1 saturated heterocycles. The fraction of sp³-hybridized carbons (Fsp3) is 0.478. The molecule has 0 spiro atoms. The van der Waals surface area contributed by atoms with Crippen LogP contribution in [-0.2, 0) is 6.54 Å². The van der Waals surface area contributed by atoms with Gasteiger partial charge in [0.1, 0.15) is 5.82 Å². The Balaban J connectivity index is 1.50. The monoisotopic (exact) mass is 383 g/mol. The Hall–Kier alpha value is -2.11. The quantitative estimate of drug-likeness (QED) is 0.852. The molecule has 5 rings (SSSR count). The van der Waals surface area contributed by atoms with Crippen molar-refractivity contribution >= 4 is 0 Å². The van der Waals surface area contributed by atoms with E-state index in [2.05, 4.69) is 17.0 Å². The molecule has 2 heterocycles. The summed E-state index contributed by atoms with van der Waals surface area (Å²) in [5, 5.41) is 11.4. The Morgan fingerprint density at radius 3 is 2.71 bits per heavy atom. The van der Waals surface area contributed by atoms with Gasteiger partial charge in [0, 0.05) is 25.0 Å².